The molecule has 2 aromatic carbocycles. The van der Waals surface area contributed by atoms with Gasteiger partial charge < -0.3 is 9.47 Å². The molecule has 0 bridgehead atoms. The van der Waals surface area contributed by atoms with Crippen LogP contribution in [0.15, 0.2) is 56.7 Å². The van der Waals surface area contributed by atoms with E-state index >= 15 is 0 Å². The Morgan fingerprint density at radius 2 is 1.95 bits per heavy atom. The molecule has 1 aliphatic rings. The van der Waals surface area contributed by atoms with E-state index in [-0.39, 0.29) is 11.0 Å². The lowest BCUT2D eigenvalue weighted by molar-refractivity contribution is 0.258. The predicted octanol–water partition coefficient (Wildman–Crippen LogP) is 3.37. The molecule has 1 unspecified atom stereocenters. The van der Waals surface area contributed by atoms with Gasteiger partial charge in [-0.2, -0.15) is 0 Å². The van der Waals surface area contributed by atoms with E-state index in [0.29, 0.717) is 29.4 Å². The fourth-order valence-corrected chi connectivity index (χ4v) is 4.10. The molecule has 1 atom stereocenters. The van der Waals surface area contributed by atoms with Gasteiger partial charge in [0.05, 0.1) is 11.5 Å². The topological polar surface area (TPSA) is 55.9 Å². The number of rotatable bonds is 5. The van der Waals surface area contributed by atoms with Gasteiger partial charge in [0.25, 0.3) is 0 Å². The van der Waals surface area contributed by atoms with Crippen molar-refractivity contribution in [2.24, 2.45) is 0 Å². The van der Waals surface area contributed by atoms with Crippen LogP contribution >= 0.6 is 15.9 Å². The number of sulfone groups is 1. The average Bonchev–Trinajstić information content (AvgIpc) is 3.29. The summed E-state index contributed by atoms with van der Waals surface area (Å²) in [5, 5.41) is 0. The van der Waals surface area contributed by atoms with Gasteiger partial charge in [-0.3, -0.25) is 0 Å². The van der Waals surface area contributed by atoms with Crippen LogP contribution in [0.4, 0.5) is 0 Å². The van der Waals surface area contributed by atoms with E-state index in [4.69, 9.17) is 9.47 Å². The zero-order chi connectivity index (χ0) is 15.7. The highest BCUT2D eigenvalue weighted by Crippen LogP contribution is 2.33. The lowest BCUT2D eigenvalue weighted by Crippen LogP contribution is -2.10. The third kappa shape index (κ3) is 3.19. The summed E-state index contributed by atoms with van der Waals surface area (Å²) in [6, 6.07) is 11.9. The molecule has 3 rings (SSSR count). The van der Waals surface area contributed by atoms with Crippen LogP contribution in [0.2, 0.25) is 0 Å². The summed E-state index contributed by atoms with van der Waals surface area (Å²) in [6.45, 7) is 2.80. The minimum atomic E-state index is -3.63. The van der Waals surface area contributed by atoms with Gasteiger partial charge in [0.15, 0.2) is 0 Å². The molecule has 0 N–H and O–H groups in total. The second-order valence-corrected chi connectivity index (χ2v) is 7.93. The first-order valence-electron chi connectivity index (χ1n) is 6.83. The van der Waals surface area contributed by atoms with Crippen molar-refractivity contribution in [1.82, 2.24) is 0 Å². The Morgan fingerprint density at radius 3 is 2.64 bits per heavy atom. The Bertz CT molecular complexity index is 798. The third-order valence-corrected chi connectivity index (χ3v) is 5.85. The van der Waals surface area contributed by atoms with Crippen LogP contribution in [-0.4, -0.2) is 27.7 Å². The predicted molar refractivity (Wildman–Crippen MR) is 86.0 cm³/mol. The molecule has 1 aliphatic heterocycles. The van der Waals surface area contributed by atoms with Crippen molar-refractivity contribution >= 4 is 25.8 Å². The minimum Gasteiger partial charge on any atom is -0.489 e. The third-order valence-electron chi connectivity index (χ3n) is 3.41. The van der Waals surface area contributed by atoms with Crippen molar-refractivity contribution in [2.75, 3.05) is 13.2 Å². The molecule has 4 nitrogen and oxygen atoms in total. The summed E-state index contributed by atoms with van der Waals surface area (Å²) in [4.78, 5) is 0.468. The normalized spacial score (nSPS) is 17.3. The standard InChI is InChI=1S/C16H15BrO4S/c1-11-4-2-3-5-15(11)22(18,19)16-7-6-12(17)8-14(16)21-10-13-9-20-13/h2-8,13H,9-10H2,1H3. The number of ether oxygens (including phenoxy) is 2. The van der Waals surface area contributed by atoms with Gasteiger partial charge in [-0.05, 0) is 36.8 Å². The number of hydrogen-bond donors (Lipinski definition) is 0. The lowest BCUT2D eigenvalue weighted by Gasteiger charge is -2.13. The van der Waals surface area contributed by atoms with Crippen LogP contribution in [0.3, 0.4) is 0 Å². The maximum atomic E-state index is 12.9. The van der Waals surface area contributed by atoms with E-state index in [2.05, 4.69) is 15.9 Å². The van der Waals surface area contributed by atoms with Crippen molar-refractivity contribution in [3.63, 3.8) is 0 Å². The molecular formula is C16H15BrO4S. The van der Waals surface area contributed by atoms with Gasteiger partial charge >= 0.3 is 0 Å². The maximum Gasteiger partial charge on any atom is 0.210 e. The van der Waals surface area contributed by atoms with Crippen LogP contribution in [0.5, 0.6) is 5.75 Å². The Morgan fingerprint density at radius 1 is 1.23 bits per heavy atom. The highest BCUT2D eigenvalue weighted by atomic mass is 79.9. The molecule has 0 aliphatic carbocycles. The first-order chi connectivity index (χ1) is 10.5. The number of halogens is 1. The van der Waals surface area contributed by atoms with E-state index in [1.807, 2.05) is 6.07 Å². The molecule has 1 heterocycles. The SMILES string of the molecule is Cc1ccccc1S(=O)(=O)c1ccc(Br)cc1OCC1CO1. The zero-order valence-corrected chi connectivity index (χ0v) is 14.4. The van der Waals surface area contributed by atoms with Crippen LogP contribution in [0, 0.1) is 6.92 Å². The van der Waals surface area contributed by atoms with E-state index in [1.165, 1.54) is 0 Å². The molecule has 0 amide bonds. The molecule has 0 spiro atoms. The van der Waals surface area contributed by atoms with Gasteiger partial charge in [-0.25, -0.2) is 8.42 Å². The highest BCUT2D eigenvalue weighted by molar-refractivity contribution is 9.10. The van der Waals surface area contributed by atoms with Crippen molar-refractivity contribution in [3.8, 4) is 5.75 Å². The molecule has 116 valence electrons. The first-order valence-corrected chi connectivity index (χ1v) is 9.11. The molecule has 1 saturated heterocycles. The number of aryl methyl sites for hydroxylation is 1. The summed E-state index contributed by atoms with van der Waals surface area (Å²) < 4.78 is 37.4. The van der Waals surface area contributed by atoms with Crippen molar-refractivity contribution in [1.29, 1.82) is 0 Å². The Balaban J connectivity index is 2.04. The second kappa shape index (κ2) is 6.02. The number of epoxide rings is 1. The van der Waals surface area contributed by atoms with E-state index in [1.54, 1.807) is 43.3 Å². The lowest BCUT2D eigenvalue weighted by atomic mass is 10.2. The Hall–Kier alpha value is -1.37. The van der Waals surface area contributed by atoms with Crippen LogP contribution < -0.4 is 4.74 Å². The van der Waals surface area contributed by atoms with Gasteiger partial charge in [-0.1, -0.05) is 34.1 Å². The Kier molecular flexibility index (Phi) is 4.25. The molecular weight excluding hydrogens is 368 g/mol. The second-order valence-electron chi connectivity index (χ2n) is 5.13. The number of hydrogen-bond acceptors (Lipinski definition) is 4. The van der Waals surface area contributed by atoms with E-state index in [0.717, 1.165) is 4.47 Å². The fourth-order valence-electron chi connectivity index (χ4n) is 2.14. The van der Waals surface area contributed by atoms with E-state index < -0.39 is 9.84 Å². The minimum absolute atomic E-state index is 0.0630. The molecule has 0 saturated carbocycles. The molecule has 0 aromatic heterocycles. The molecule has 22 heavy (non-hydrogen) atoms. The van der Waals surface area contributed by atoms with E-state index in [9.17, 15) is 8.42 Å². The highest BCUT2D eigenvalue weighted by Gasteiger charge is 2.27. The van der Waals surface area contributed by atoms with Gasteiger partial charge in [-0.15, -0.1) is 0 Å². The zero-order valence-electron chi connectivity index (χ0n) is 12.0. The van der Waals surface area contributed by atoms with Gasteiger partial charge in [0, 0.05) is 4.47 Å². The molecule has 6 heteroatoms. The van der Waals surface area contributed by atoms with Gasteiger partial charge in [0.2, 0.25) is 9.84 Å². The Labute approximate surface area is 138 Å². The summed E-state index contributed by atoms with van der Waals surface area (Å²) >= 11 is 3.35. The summed E-state index contributed by atoms with van der Waals surface area (Å²) in [6.07, 6.45) is 0.0630. The average molecular weight is 383 g/mol. The van der Waals surface area contributed by atoms with Gasteiger partial charge in [0.1, 0.15) is 23.4 Å². The van der Waals surface area contributed by atoms with Crippen LogP contribution in [0.25, 0.3) is 0 Å². The molecule has 2 aromatic rings. The summed E-state index contributed by atoms with van der Waals surface area (Å²) in [7, 11) is -3.63. The van der Waals surface area contributed by atoms with Crippen molar-refractivity contribution in [3.05, 3.63) is 52.5 Å². The monoisotopic (exact) mass is 382 g/mol. The van der Waals surface area contributed by atoms with Crippen molar-refractivity contribution in [2.45, 2.75) is 22.8 Å². The van der Waals surface area contributed by atoms with Crippen molar-refractivity contribution < 1.29 is 17.9 Å². The summed E-state index contributed by atoms with van der Waals surface area (Å²) in [5.41, 5.74) is 0.710. The van der Waals surface area contributed by atoms with Crippen LogP contribution in [-0.2, 0) is 14.6 Å². The molecule has 1 fully saturated rings. The first kappa shape index (κ1) is 15.5. The van der Waals surface area contributed by atoms with Crippen LogP contribution in [0.1, 0.15) is 5.56 Å². The molecule has 0 radical (unpaired) electrons. The smallest absolute Gasteiger partial charge is 0.210 e. The quantitative estimate of drug-likeness (QED) is 0.743. The fraction of sp³-hybridized carbons (Fsp3) is 0.250. The number of benzene rings is 2. The summed E-state index contributed by atoms with van der Waals surface area (Å²) in [5.74, 6) is 0.341. The largest absolute Gasteiger partial charge is 0.489 e. The maximum absolute atomic E-state index is 12.9.